The molecular formula is C21H24N6O5S. The number of aromatic nitrogens is 4. The van der Waals surface area contributed by atoms with Gasteiger partial charge in [0.15, 0.2) is 0 Å². The largest absolute Gasteiger partial charge is 0.495 e. The third-order valence-electron chi connectivity index (χ3n) is 5.44. The molecule has 174 valence electrons. The second-order valence-electron chi connectivity index (χ2n) is 7.71. The lowest BCUT2D eigenvalue weighted by Crippen LogP contribution is -2.39. The molecule has 2 aromatic heterocycles. The molecule has 1 N–H and O–H groups in total. The van der Waals surface area contributed by atoms with Crippen molar-refractivity contribution in [2.45, 2.75) is 37.5 Å². The van der Waals surface area contributed by atoms with Crippen molar-refractivity contribution in [3.8, 4) is 17.2 Å². The van der Waals surface area contributed by atoms with Gasteiger partial charge in [0.25, 0.3) is 5.89 Å². The maximum atomic E-state index is 13.4. The third kappa shape index (κ3) is 4.71. The Morgan fingerprint density at radius 2 is 2.12 bits per heavy atom. The van der Waals surface area contributed by atoms with E-state index in [0.29, 0.717) is 47.4 Å². The molecule has 11 nitrogen and oxygen atoms in total. The van der Waals surface area contributed by atoms with Gasteiger partial charge in [0.1, 0.15) is 12.1 Å². The number of carbonyl (C=O) groups is 1. The molecule has 1 atom stereocenters. The molecule has 1 aliphatic heterocycles. The van der Waals surface area contributed by atoms with E-state index in [1.54, 1.807) is 6.20 Å². The summed E-state index contributed by atoms with van der Waals surface area (Å²) < 4.78 is 39.2. The standard InChI is InChI=1S/C21H24N6O5S/c1-13-17(10-22-12-23-13)21-26-25-20(32-21)15-5-4-8-27(11-15)33(29,30)16-6-7-19(31-3)18(9-16)24-14(2)28/h6-7,9-10,12,15H,4-5,8,11H2,1-3H3,(H,24,28)/t15-/m0/s1. The van der Waals surface area contributed by atoms with Crippen LogP contribution in [-0.2, 0) is 14.8 Å². The highest BCUT2D eigenvalue weighted by molar-refractivity contribution is 7.89. The van der Waals surface area contributed by atoms with Gasteiger partial charge in [-0.05, 0) is 38.0 Å². The molecular weight excluding hydrogens is 448 g/mol. The first-order chi connectivity index (χ1) is 15.8. The molecule has 4 rings (SSSR count). The normalized spacial score (nSPS) is 17.0. The number of aryl methyl sites for hydroxylation is 1. The summed E-state index contributed by atoms with van der Waals surface area (Å²) in [6, 6.07) is 4.39. The molecule has 1 fully saturated rings. The number of carbonyl (C=O) groups excluding carboxylic acids is 1. The maximum Gasteiger partial charge on any atom is 0.251 e. The Kier molecular flexibility index (Phi) is 6.38. The Hall–Kier alpha value is -3.38. The van der Waals surface area contributed by atoms with E-state index in [9.17, 15) is 13.2 Å². The zero-order valence-corrected chi connectivity index (χ0v) is 19.3. The van der Waals surface area contributed by atoms with Crippen LogP contribution in [0, 0.1) is 6.92 Å². The Morgan fingerprint density at radius 1 is 1.30 bits per heavy atom. The number of nitrogens with zero attached hydrogens (tertiary/aromatic N) is 5. The second-order valence-corrected chi connectivity index (χ2v) is 9.65. The van der Waals surface area contributed by atoms with Crippen LogP contribution in [0.4, 0.5) is 5.69 Å². The Labute approximate surface area is 191 Å². The summed E-state index contributed by atoms with van der Waals surface area (Å²) in [5.74, 6) is 0.485. The molecule has 1 amide bonds. The summed E-state index contributed by atoms with van der Waals surface area (Å²) >= 11 is 0. The van der Waals surface area contributed by atoms with E-state index in [1.165, 1.54) is 42.9 Å². The van der Waals surface area contributed by atoms with Crippen LogP contribution in [0.2, 0.25) is 0 Å². The molecule has 1 saturated heterocycles. The topological polar surface area (TPSA) is 140 Å². The molecule has 1 aliphatic rings. The van der Waals surface area contributed by atoms with Crippen molar-refractivity contribution in [1.29, 1.82) is 0 Å². The minimum absolute atomic E-state index is 0.0657. The lowest BCUT2D eigenvalue weighted by molar-refractivity contribution is -0.114. The average Bonchev–Trinajstić information content (AvgIpc) is 3.29. The van der Waals surface area contributed by atoms with Gasteiger partial charge >= 0.3 is 0 Å². The zero-order valence-electron chi connectivity index (χ0n) is 18.5. The van der Waals surface area contributed by atoms with Crippen molar-refractivity contribution in [2.24, 2.45) is 0 Å². The second kappa shape index (κ2) is 9.24. The average molecular weight is 473 g/mol. The smallest absolute Gasteiger partial charge is 0.251 e. The fourth-order valence-corrected chi connectivity index (χ4v) is 5.31. The van der Waals surface area contributed by atoms with Crippen LogP contribution >= 0.6 is 0 Å². The predicted molar refractivity (Wildman–Crippen MR) is 118 cm³/mol. The van der Waals surface area contributed by atoms with Gasteiger partial charge in [-0.25, -0.2) is 18.4 Å². The van der Waals surface area contributed by atoms with Crippen LogP contribution in [-0.4, -0.2) is 59.0 Å². The summed E-state index contributed by atoms with van der Waals surface area (Å²) in [5.41, 5.74) is 1.64. The van der Waals surface area contributed by atoms with Crippen molar-refractivity contribution < 1.29 is 22.4 Å². The Balaban J connectivity index is 1.57. The third-order valence-corrected chi connectivity index (χ3v) is 7.30. The molecule has 0 radical (unpaired) electrons. The van der Waals surface area contributed by atoms with Gasteiger partial charge in [0.2, 0.25) is 21.8 Å². The van der Waals surface area contributed by atoms with Gasteiger partial charge in [0.05, 0.1) is 34.9 Å². The fraction of sp³-hybridized carbons (Fsp3) is 0.381. The lowest BCUT2D eigenvalue weighted by Gasteiger charge is -2.30. The van der Waals surface area contributed by atoms with E-state index in [-0.39, 0.29) is 23.3 Å². The number of methoxy groups -OCH3 is 1. The number of piperidine rings is 1. The van der Waals surface area contributed by atoms with Crippen LogP contribution in [0.5, 0.6) is 5.75 Å². The van der Waals surface area contributed by atoms with Crippen LogP contribution in [0.25, 0.3) is 11.5 Å². The van der Waals surface area contributed by atoms with E-state index in [2.05, 4.69) is 25.5 Å². The first kappa shape index (κ1) is 22.8. The molecule has 3 aromatic rings. The van der Waals surface area contributed by atoms with E-state index in [0.717, 1.165) is 6.42 Å². The Morgan fingerprint density at radius 3 is 2.85 bits per heavy atom. The summed E-state index contributed by atoms with van der Waals surface area (Å²) in [5, 5.41) is 10.9. The number of amides is 1. The highest BCUT2D eigenvalue weighted by Crippen LogP contribution is 2.33. The first-order valence-corrected chi connectivity index (χ1v) is 11.8. The van der Waals surface area contributed by atoms with Crippen molar-refractivity contribution in [2.75, 3.05) is 25.5 Å². The minimum Gasteiger partial charge on any atom is -0.495 e. The molecule has 0 aliphatic carbocycles. The van der Waals surface area contributed by atoms with Gasteiger partial charge in [-0.2, -0.15) is 4.31 Å². The van der Waals surface area contributed by atoms with Crippen LogP contribution in [0.1, 0.15) is 37.3 Å². The van der Waals surface area contributed by atoms with Crippen LogP contribution in [0.3, 0.4) is 0 Å². The zero-order chi connectivity index (χ0) is 23.6. The van der Waals surface area contributed by atoms with Gasteiger partial charge in [-0.3, -0.25) is 4.79 Å². The van der Waals surface area contributed by atoms with E-state index in [1.807, 2.05) is 6.92 Å². The van der Waals surface area contributed by atoms with Crippen LogP contribution in [0.15, 0.2) is 40.0 Å². The van der Waals surface area contributed by atoms with Crippen molar-refractivity contribution >= 4 is 21.6 Å². The number of anilines is 1. The first-order valence-electron chi connectivity index (χ1n) is 10.4. The predicted octanol–water partition coefficient (Wildman–Crippen LogP) is 2.37. The highest BCUT2D eigenvalue weighted by atomic mass is 32.2. The minimum atomic E-state index is -3.82. The summed E-state index contributed by atoms with van der Waals surface area (Å²) in [4.78, 5) is 19.7. The number of hydrogen-bond donors (Lipinski definition) is 1. The van der Waals surface area contributed by atoms with Crippen molar-refractivity contribution in [3.05, 3.63) is 42.3 Å². The lowest BCUT2D eigenvalue weighted by atomic mass is 10.00. The van der Waals surface area contributed by atoms with Crippen molar-refractivity contribution in [1.82, 2.24) is 24.5 Å². The van der Waals surface area contributed by atoms with Crippen molar-refractivity contribution in [3.63, 3.8) is 0 Å². The SMILES string of the molecule is COc1ccc(S(=O)(=O)N2CCC[C@H](c3nnc(-c4cncnc4C)o3)C2)cc1NC(C)=O. The summed E-state index contributed by atoms with van der Waals surface area (Å²) in [6.07, 6.45) is 4.41. The fourth-order valence-electron chi connectivity index (χ4n) is 3.76. The number of benzene rings is 1. The molecule has 0 unspecified atom stereocenters. The molecule has 1 aromatic carbocycles. The molecule has 3 heterocycles. The number of ether oxygens (including phenoxy) is 1. The number of hydrogen-bond acceptors (Lipinski definition) is 9. The highest BCUT2D eigenvalue weighted by Gasteiger charge is 2.34. The molecule has 12 heteroatoms. The number of rotatable bonds is 6. The van der Waals surface area contributed by atoms with Crippen LogP contribution < -0.4 is 10.1 Å². The van der Waals surface area contributed by atoms with Gasteiger partial charge in [-0.1, -0.05) is 0 Å². The molecule has 0 saturated carbocycles. The van der Waals surface area contributed by atoms with E-state index >= 15 is 0 Å². The monoisotopic (exact) mass is 472 g/mol. The van der Waals surface area contributed by atoms with Gasteiger partial charge < -0.3 is 14.5 Å². The summed E-state index contributed by atoms with van der Waals surface area (Å²) in [6.45, 7) is 3.74. The maximum absolute atomic E-state index is 13.4. The number of nitrogens with one attached hydrogen (secondary N) is 1. The molecule has 33 heavy (non-hydrogen) atoms. The molecule has 0 bridgehead atoms. The quantitative estimate of drug-likeness (QED) is 0.572. The Bertz CT molecular complexity index is 1280. The number of sulfonamides is 1. The summed E-state index contributed by atoms with van der Waals surface area (Å²) in [7, 11) is -2.37. The molecule has 0 spiro atoms. The van der Waals surface area contributed by atoms with E-state index < -0.39 is 10.0 Å². The van der Waals surface area contributed by atoms with Gasteiger partial charge in [-0.15, -0.1) is 10.2 Å². The van der Waals surface area contributed by atoms with Gasteiger partial charge in [0, 0.05) is 26.2 Å². The van der Waals surface area contributed by atoms with E-state index in [4.69, 9.17) is 9.15 Å².